The summed E-state index contributed by atoms with van der Waals surface area (Å²) in [7, 11) is 0. The number of hydrogen-bond donors (Lipinski definition) is 2. The Kier molecular flexibility index (Phi) is 5.79. The maximum atomic E-state index is 13.7. The summed E-state index contributed by atoms with van der Waals surface area (Å²) in [5.74, 6) is -0.457. The van der Waals surface area contributed by atoms with E-state index in [0.29, 0.717) is 22.8 Å². The van der Waals surface area contributed by atoms with Gasteiger partial charge in [-0.05, 0) is 53.7 Å². The molecule has 156 valence electrons. The van der Waals surface area contributed by atoms with Gasteiger partial charge in [0.25, 0.3) is 5.91 Å². The lowest BCUT2D eigenvalue weighted by molar-refractivity contribution is -0.122. The van der Waals surface area contributed by atoms with E-state index in [1.807, 2.05) is 0 Å². The van der Waals surface area contributed by atoms with Gasteiger partial charge in [-0.15, -0.1) is 10.2 Å². The van der Waals surface area contributed by atoms with E-state index in [4.69, 9.17) is 4.42 Å². The highest BCUT2D eigenvalue weighted by Gasteiger charge is 2.12. The molecule has 4 rings (SSSR count). The molecule has 0 saturated carbocycles. The van der Waals surface area contributed by atoms with Crippen molar-refractivity contribution in [3.8, 4) is 11.4 Å². The average Bonchev–Trinajstić information content (AvgIpc) is 3.45. The highest BCUT2D eigenvalue weighted by molar-refractivity contribution is 6.04. The number of benzene rings is 2. The molecule has 0 atom stereocenters. The molecule has 2 aromatic carbocycles. The third kappa shape index (κ3) is 4.99. The maximum absolute atomic E-state index is 13.7. The van der Waals surface area contributed by atoms with E-state index >= 15 is 0 Å². The zero-order valence-corrected chi connectivity index (χ0v) is 16.2. The molecular weight excluding hydrogens is 403 g/mol. The number of carbonyl (C=O) groups excluding carboxylic acids is 2. The fourth-order valence-corrected chi connectivity index (χ4v) is 2.76. The van der Waals surface area contributed by atoms with E-state index in [1.54, 1.807) is 42.5 Å². The molecule has 0 aliphatic heterocycles. The van der Waals surface area contributed by atoms with Crippen LogP contribution in [0.15, 0.2) is 71.3 Å². The molecule has 4 aromatic rings. The number of nitrogens with one attached hydrogen (secondary N) is 2. The lowest BCUT2D eigenvalue weighted by atomic mass is 10.1. The molecule has 31 heavy (non-hydrogen) atoms. The second kappa shape index (κ2) is 8.99. The number of amides is 2. The van der Waals surface area contributed by atoms with Gasteiger partial charge in [0.1, 0.15) is 18.1 Å². The van der Waals surface area contributed by atoms with Crippen LogP contribution in [0.2, 0.25) is 0 Å². The van der Waals surface area contributed by atoms with Crippen LogP contribution in [-0.2, 0) is 17.9 Å². The summed E-state index contributed by atoms with van der Waals surface area (Å²) in [5.41, 5.74) is 1.09. The molecule has 2 N–H and O–H groups in total. The summed E-state index contributed by atoms with van der Waals surface area (Å²) in [6.07, 6.45) is 1.53. The number of rotatable bonds is 7. The topological polar surface area (TPSA) is 115 Å². The van der Waals surface area contributed by atoms with Gasteiger partial charge in [-0.1, -0.05) is 12.1 Å². The highest BCUT2D eigenvalue weighted by atomic mass is 19.1. The van der Waals surface area contributed by atoms with Gasteiger partial charge in [-0.25, -0.2) is 4.39 Å². The van der Waals surface area contributed by atoms with Gasteiger partial charge < -0.3 is 15.1 Å². The van der Waals surface area contributed by atoms with Crippen molar-refractivity contribution in [3.05, 3.63) is 84.1 Å². The number of halogens is 1. The molecule has 0 aliphatic rings. The summed E-state index contributed by atoms with van der Waals surface area (Å²) in [6.45, 7) is 0.179. The predicted molar refractivity (Wildman–Crippen MR) is 108 cm³/mol. The maximum Gasteiger partial charge on any atom is 0.258 e. The van der Waals surface area contributed by atoms with E-state index < -0.39 is 11.7 Å². The largest absolute Gasteiger partial charge is 0.467 e. The van der Waals surface area contributed by atoms with Crippen molar-refractivity contribution in [1.82, 2.24) is 25.5 Å². The van der Waals surface area contributed by atoms with E-state index in [9.17, 15) is 14.0 Å². The van der Waals surface area contributed by atoms with Crippen molar-refractivity contribution in [2.24, 2.45) is 0 Å². The van der Waals surface area contributed by atoms with Crippen LogP contribution in [0.1, 0.15) is 16.1 Å². The summed E-state index contributed by atoms with van der Waals surface area (Å²) in [4.78, 5) is 25.4. The lowest BCUT2D eigenvalue weighted by Crippen LogP contribution is -2.27. The Morgan fingerprint density at radius 2 is 1.84 bits per heavy atom. The van der Waals surface area contributed by atoms with Crippen LogP contribution in [0.5, 0.6) is 0 Å². The van der Waals surface area contributed by atoms with E-state index in [-0.39, 0.29) is 24.6 Å². The number of furan rings is 1. The van der Waals surface area contributed by atoms with Crippen LogP contribution in [0.3, 0.4) is 0 Å². The Balaban J connectivity index is 1.35. The normalized spacial score (nSPS) is 10.6. The van der Waals surface area contributed by atoms with Gasteiger partial charge >= 0.3 is 0 Å². The molecule has 2 aromatic heterocycles. The van der Waals surface area contributed by atoms with Crippen LogP contribution in [0, 0.1) is 5.82 Å². The van der Waals surface area contributed by atoms with Crippen LogP contribution >= 0.6 is 0 Å². The number of carbonyl (C=O) groups is 2. The molecule has 0 unspecified atom stereocenters. The van der Waals surface area contributed by atoms with Crippen molar-refractivity contribution < 1.29 is 18.4 Å². The van der Waals surface area contributed by atoms with Crippen LogP contribution in [0.25, 0.3) is 11.4 Å². The first-order valence-corrected chi connectivity index (χ1v) is 9.32. The fraction of sp³-hybridized carbons (Fsp3) is 0.0952. The van der Waals surface area contributed by atoms with Crippen molar-refractivity contribution in [2.45, 2.75) is 13.1 Å². The zero-order valence-electron chi connectivity index (χ0n) is 16.2. The molecule has 0 spiro atoms. The van der Waals surface area contributed by atoms with Crippen molar-refractivity contribution >= 4 is 17.5 Å². The minimum Gasteiger partial charge on any atom is -0.467 e. The Morgan fingerprint density at radius 1 is 1.03 bits per heavy atom. The summed E-state index contributed by atoms with van der Waals surface area (Å²) < 4.78 is 18.9. The molecule has 2 heterocycles. The Labute approximate surface area is 175 Å². The first kappa shape index (κ1) is 20.0. The number of hydrogen-bond acceptors (Lipinski definition) is 6. The standard InChI is InChI=1S/C21H17FN6O3/c22-18-6-2-1-5-17(18)21(30)24-15-9-7-14(8-10-15)20-25-27-28(26-20)13-19(29)23-12-16-4-3-11-31-16/h1-11H,12-13H2,(H,23,29)(H,24,30). The predicted octanol–water partition coefficient (Wildman–Crippen LogP) is 2.64. The van der Waals surface area contributed by atoms with Gasteiger partial charge in [-0.2, -0.15) is 4.80 Å². The number of nitrogens with zero attached hydrogens (tertiary/aromatic N) is 4. The smallest absolute Gasteiger partial charge is 0.258 e. The van der Waals surface area contributed by atoms with E-state index in [2.05, 4.69) is 26.0 Å². The molecule has 10 heteroatoms. The first-order valence-electron chi connectivity index (χ1n) is 9.32. The van der Waals surface area contributed by atoms with Crippen molar-refractivity contribution in [1.29, 1.82) is 0 Å². The quantitative estimate of drug-likeness (QED) is 0.475. The molecule has 2 amide bonds. The van der Waals surface area contributed by atoms with Crippen molar-refractivity contribution in [3.63, 3.8) is 0 Å². The van der Waals surface area contributed by atoms with Gasteiger partial charge in [0, 0.05) is 11.3 Å². The van der Waals surface area contributed by atoms with Crippen LogP contribution in [0.4, 0.5) is 10.1 Å². The molecule has 0 aliphatic carbocycles. The zero-order chi connectivity index (χ0) is 21.6. The lowest BCUT2D eigenvalue weighted by Gasteiger charge is -2.06. The summed E-state index contributed by atoms with van der Waals surface area (Å²) in [6, 6.07) is 15.9. The van der Waals surface area contributed by atoms with Crippen LogP contribution < -0.4 is 10.6 Å². The average molecular weight is 420 g/mol. The SMILES string of the molecule is O=C(Cn1nnc(-c2ccc(NC(=O)c3ccccc3F)cc2)n1)NCc1ccco1. The van der Waals surface area contributed by atoms with Crippen molar-refractivity contribution in [2.75, 3.05) is 5.32 Å². The van der Waals surface area contributed by atoms with Gasteiger partial charge in [-0.3, -0.25) is 9.59 Å². The number of tetrazole rings is 1. The monoisotopic (exact) mass is 420 g/mol. The minimum absolute atomic E-state index is 0.0403. The Hall–Kier alpha value is -4.34. The second-order valence-electron chi connectivity index (χ2n) is 6.51. The second-order valence-corrected chi connectivity index (χ2v) is 6.51. The minimum atomic E-state index is -0.592. The molecule has 0 bridgehead atoms. The van der Waals surface area contributed by atoms with Gasteiger partial charge in [0.05, 0.1) is 18.4 Å². The molecule has 9 nitrogen and oxygen atoms in total. The van der Waals surface area contributed by atoms with E-state index in [1.165, 1.54) is 29.3 Å². The highest BCUT2D eigenvalue weighted by Crippen LogP contribution is 2.18. The third-order valence-corrected chi connectivity index (χ3v) is 4.30. The fourth-order valence-electron chi connectivity index (χ4n) is 2.76. The number of anilines is 1. The van der Waals surface area contributed by atoms with Gasteiger partial charge in [0.15, 0.2) is 0 Å². The third-order valence-electron chi connectivity index (χ3n) is 4.30. The Bertz CT molecular complexity index is 1190. The van der Waals surface area contributed by atoms with Crippen LogP contribution in [-0.4, -0.2) is 32.0 Å². The summed E-state index contributed by atoms with van der Waals surface area (Å²) >= 11 is 0. The molecular formula is C21H17FN6O3. The first-order chi connectivity index (χ1) is 15.1. The molecule has 0 fully saturated rings. The van der Waals surface area contributed by atoms with Gasteiger partial charge in [0.2, 0.25) is 11.7 Å². The van der Waals surface area contributed by atoms with E-state index in [0.717, 1.165) is 0 Å². The Morgan fingerprint density at radius 3 is 2.58 bits per heavy atom. The molecule has 0 saturated heterocycles. The molecule has 0 radical (unpaired) electrons. The summed E-state index contributed by atoms with van der Waals surface area (Å²) in [5, 5.41) is 17.3. The number of aromatic nitrogens is 4.